The van der Waals surface area contributed by atoms with Crippen LogP contribution in [-0.4, -0.2) is 27.1 Å². The fourth-order valence-electron chi connectivity index (χ4n) is 0.230. The normalized spacial score (nSPS) is 10.4. The van der Waals surface area contributed by atoms with Gasteiger partial charge < -0.3 is 0 Å². The fourth-order valence-corrected chi connectivity index (χ4v) is 0.534. The van der Waals surface area contributed by atoms with Crippen LogP contribution in [0, 0.1) is 0 Å². The van der Waals surface area contributed by atoms with E-state index in [1.807, 2.05) is 12.0 Å². The maximum absolute atomic E-state index is 3.53. The second-order valence-corrected chi connectivity index (χ2v) is 1.99. The third kappa shape index (κ3) is 6.17. The van der Waals surface area contributed by atoms with Gasteiger partial charge in [-0.15, -0.1) is 0 Å². The third-order valence-corrected chi connectivity index (χ3v) is 1.04. The number of rotatable bonds is 3. The number of hydrogen-bond donors (Lipinski definition) is 0. The standard InChI is InChI=1S/C4H8B2P/c1-5-3-4-6-7-2/h3-4,7H,1H2,2H3/b4-3+. The van der Waals surface area contributed by atoms with Gasteiger partial charge in [0.15, 0.2) is 0 Å². The molecule has 35 valence electrons. The molecule has 0 fully saturated rings. The first-order chi connectivity index (χ1) is 3.41. The summed E-state index contributed by atoms with van der Waals surface area (Å²) in [6, 6.07) is 0. The van der Waals surface area contributed by atoms with E-state index in [9.17, 15) is 0 Å². The molecular weight excluding hydrogens is 101 g/mol. The molecular formula is C4H8B2P. The average molecular weight is 109 g/mol. The van der Waals surface area contributed by atoms with Crippen molar-refractivity contribution in [2.75, 3.05) is 6.66 Å². The van der Waals surface area contributed by atoms with Crippen molar-refractivity contribution in [3.63, 3.8) is 0 Å². The summed E-state index contributed by atoms with van der Waals surface area (Å²) in [5, 5.41) is 0. The molecule has 0 spiro atoms. The Morgan fingerprint density at radius 1 is 1.57 bits per heavy atom. The first-order valence-corrected chi connectivity index (χ1v) is 3.77. The molecule has 0 bridgehead atoms. The van der Waals surface area contributed by atoms with Crippen LogP contribution in [0.2, 0.25) is 0 Å². The van der Waals surface area contributed by atoms with Gasteiger partial charge in [0.2, 0.25) is 0 Å². The summed E-state index contributed by atoms with van der Waals surface area (Å²) >= 11 is 0. The molecule has 0 saturated carbocycles. The summed E-state index contributed by atoms with van der Waals surface area (Å²) in [6.07, 6.45) is 0. The van der Waals surface area contributed by atoms with E-state index in [-0.39, 0.29) is 0 Å². The van der Waals surface area contributed by atoms with Gasteiger partial charge in [0, 0.05) is 0 Å². The SMILES string of the molecule is C=B/C=C/[B]PC. The van der Waals surface area contributed by atoms with Crippen LogP contribution in [0.4, 0.5) is 0 Å². The predicted molar refractivity (Wildman–Crippen MR) is 42.0 cm³/mol. The van der Waals surface area contributed by atoms with Crippen LogP contribution in [0.3, 0.4) is 0 Å². The first kappa shape index (κ1) is 7.17. The van der Waals surface area contributed by atoms with E-state index in [2.05, 4.69) is 20.1 Å². The van der Waals surface area contributed by atoms with Crippen molar-refractivity contribution in [3.05, 3.63) is 12.0 Å². The second-order valence-electron chi connectivity index (χ2n) is 1.08. The summed E-state index contributed by atoms with van der Waals surface area (Å²) in [6.45, 7) is 9.55. The zero-order valence-corrected chi connectivity index (χ0v) is 5.52. The molecule has 1 radical (unpaired) electrons. The van der Waals surface area contributed by atoms with Gasteiger partial charge in [-0.1, -0.05) is 0 Å². The van der Waals surface area contributed by atoms with E-state index in [0.717, 1.165) is 8.46 Å². The Bertz CT molecular complexity index is 70.1. The van der Waals surface area contributed by atoms with Gasteiger partial charge >= 0.3 is 47.5 Å². The monoisotopic (exact) mass is 109 g/mol. The van der Waals surface area contributed by atoms with Gasteiger partial charge in [0.1, 0.15) is 0 Å². The van der Waals surface area contributed by atoms with Crippen LogP contribution < -0.4 is 0 Å². The van der Waals surface area contributed by atoms with E-state index in [0.29, 0.717) is 0 Å². The molecule has 0 aliphatic carbocycles. The third-order valence-electron chi connectivity index (χ3n) is 0.510. The Morgan fingerprint density at radius 2 is 2.29 bits per heavy atom. The molecule has 0 saturated heterocycles. The zero-order chi connectivity index (χ0) is 5.54. The quantitative estimate of drug-likeness (QED) is 0.366. The minimum atomic E-state index is 0.908. The molecule has 0 aliphatic rings. The van der Waals surface area contributed by atoms with Gasteiger partial charge in [-0.3, -0.25) is 0 Å². The van der Waals surface area contributed by atoms with Gasteiger partial charge in [-0.05, 0) is 0 Å². The summed E-state index contributed by atoms with van der Waals surface area (Å²) in [4.78, 5) is 0. The van der Waals surface area contributed by atoms with Crippen molar-refractivity contribution in [2.45, 2.75) is 0 Å². The van der Waals surface area contributed by atoms with Gasteiger partial charge in [0.05, 0.1) is 0 Å². The van der Waals surface area contributed by atoms with Gasteiger partial charge in [-0.25, -0.2) is 0 Å². The summed E-state index contributed by atoms with van der Waals surface area (Å²) in [5.41, 5.74) is 0. The average Bonchev–Trinajstić information content (AvgIpc) is 1.69. The van der Waals surface area contributed by atoms with Crippen molar-refractivity contribution in [1.29, 1.82) is 0 Å². The molecule has 0 nitrogen and oxygen atoms in total. The Morgan fingerprint density at radius 3 is 2.71 bits per heavy atom. The molecule has 0 heterocycles. The van der Waals surface area contributed by atoms with Crippen LogP contribution in [0.15, 0.2) is 12.0 Å². The molecule has 0 aromatic carbocycles. The van der Waals surface area contributed by atoms with Crippen LogP contribution >= 0.6 is 8.46 Å². The fraction of sp³-hybridized carbons (Fsp3) is 0.250. The van der Waals surface area contributed by atoms with Crippen LogP contribution in [0.25, 0.3) is 0 Å². The molecule has 0 aromatic rings. The Kier molecular flexibility index (Phi) is 6.32. The van der Waals surface area contributed by atoms with E-state index in [4.69, 9.17) is 0 Å². The van der Waals surface area contributed by atoms with Crippen LogP contribution in [0.5, 0.6) is 0 Å². The molecule has 0 rings (SSSR count). The van der Waals surface area contributed by atoms with Crippen molar-refractivity contribution >= 4 is 28.8 Å². The molecule has 0 N–H and O–H groups in total. The van der Waals surface area contributed by atoms with Gasteiger partial charge in [0.25, 0.3) is 0 Å². The van der Waals surface area contributed by atoms with E-state index in [1.165, 1.54) is 0 Å². The molecule has 1 atom stereocenters. The summed E-state index contributed by atoms with van der Waals surface area (Å²) in [7, 11) is 0.908. The van der Waals surface area contributed by atoms with E-state index < -0.39 is 0 Å². The molecule has 3 heteroatoms. The van der Waals surface area contributed by atoms with Crippen molar-refractivity contribution < 1.29 is 0 Å². The van der Waals surface area contributed by atoms with Crippen molar-refractivity contribution in [3.8, 4) is 0 Å². The molecule has 0 aromatic heterocycles. The molecule has 1 unspecified atom stereocenters. The van der Waals surface area contributed by atoms with Crippen molar-refractivity contribution in [2.24, 2.45) is 0 Å². The Balaban J connectivity index is 2.92. The molecule has 0 aliphatic heterocycles. The Hall–Kier alpha value is 0.170. The topological polar surface area (TPSA) is 0 Å². The molecule has 7 heavy (non-hydrogen) atoms. The van der Waals surface area contributed by atoms with Gasteiger partial charge in [-0.2, -0.15) is 0 Å². The van der Waals surface area contributed by atoms with Crippen LogP contribution in [-0.2, 0) is 0 Å². The zero-order valence-electron chi connectivity index (χ0n) is 4.52. The number of hydrogen-bond acceptors (Lipinski definition) is 0. The predicted octanol–water partition coefficient (Wildman–Crippen LogP) is 0.521. The van der Waals surface area contributed by atoms with Crippen LogP contribution in [0.1, 0.15) is 0 Å². The summed E-state index contributed by atoms with van der Waals surface area (Å²) < 4.78 is 0. The Labute approximate surface area is 48.3 Å². The van der Waals surface area contributed by atoms with E-state index >= 15 is 0 Å². The summed E-state index contributed by atoms with van der Waals surface area (Å²) in [5.74, 6) is 3.93. The van der Waals surface area contributed by atoms with Crippen molar-refractivity contribution in [1.82, 2.24) is 0 Å². The maximum atomic E-state index is 3.53. The molecule has 0 amide bonds. The minimum absolute atomic E-state index is 0.908. The first-order valence-electron chi connectivity index (χ1n) is 2.20. The second kappa shape index (κ2) is 6.17. The van der Waals surface area contributed by atoms with E-state index in [1.54, 1.807) is 6.92 Å².